The molecule has 120 valence electrons. The summed E-state index contributed by atoms with van der Waals surface area (Å²) in [5, 5.41) is 10.2. The Kier molecular flexibility index (Phi) is 6.92. The van der Waals surface area contributed by atoms with Crippen molar-refractivity contribution in [2.45, 2.75) is 77.5 Å². The average Bonchev–Trinajstić information content (AvgIpc) is 2.28. The zero-order valence-corrected chi connectivity index (χ0v) is 14.7. The molecular weight excluding hydrogens is 248 g/mol. The van der Waals surface area contributed by atoms with Gasteiger partial charge in [-0.15, -0.1) is 0 Å². The van der Waals surface area contributed by atoms with E-state index in [0.717, 1.165) is 12.1 Å². The maximum Gasteiger partial charge on any atom is 0.126 e. The molecule has 4 nitrogen and oxygen atoms in total. The van der Waals surface area contributed by atoms with Gasteiger partial charge in [-0.1, -0.05) is 0 Å². The zero-order chi connectivity index (χ0) is 15.2. The van der Waals surface area contributed by atoms with Crippen LogP contribution in [0.1, 0.15) is 54.4 Å². The Hall–Kier alpha value is -0.160. The standard InChI is InChI=1S/C16H36N4/c1-13-11-15(3,4)19-10-8-18-14(2)12-16(5,6)20-9-7-17-13/h13-14,17-20H,7-12H2,1-6H3/p+4/t13-,14+. The Morgan fingerprint density at radius 1 is 0.650 bits per heavy atom. The fourth-order valence-corrected chi connectivity index (χ4v) is 3.70. The molecule has 0 bridgehead atoms. The summed E-state index contributed by atoms with van der Waals surface area (Å²) >= 11 is 0. The van der Waals surface area contributed by atoms with E-state index >= 15 is 0 Å². The molecule has 0 amide bonds. The molecule has 1 saturated heterocycles. The van der Waals surface area contributed by atoms with Crippen LogP contribution in [-0.4, -0.2) is 49.3 Å². The molecule has 0 aromatic rings. The normalized spacial score (nSPS) is 33.3. The largest absolute Gasteiger partial charge is 0.339 e. The van der Waals surface area contributed by atoms with E-state index in [0.29, 0.717) is 11.1 Å². The van der Waals surface area contributed by atoms with Crippen LogP contribution in [0.5, 0.6) is 0 Å². The first-order valence-corrected chi connectivity index (χ1v) is 8.56. The summed E-state index contributed by atoms with van der Waals surface area (Å²) in [6.45, 7) is 19.2. The first kappa shape index (κ1) is 17.9. The molecule has 0 unspecified atom stereocenters. The van der Waals surface area contributed by atoms with Crippen LogP contribution in [-0.2, 0) is 0 Å². The highest BCUT2D eigenvalue weighted by atomic mass is 15.1. The van der Waals surface area contributed by atoms with Crippen molar-refractivity contribution in [1.29, 1.82) is 0 Å². The Balaban J connectivity index is 2.55. The molecule has 8 N–H and O–H groups in total. The second kappa shape index (κ2) is 7.74. The second-order valence-electron chi connectivity index (χ2n) is 8.37. The number of quaternary nitrogens is 4. The third kappa shape index (κ3) is 7.58. The van der Waals surface area contributed by atoms with E-state index in [-0.39, 0.29) is 0 Å². The first-order valence-electron chi connectivity index (χ1n) is 8.56. The highest BCUT2D eigenvalue weighted by Crippen LogP contribution is 2.04. The predicted molar refractivity (Wildman–Crippen MR) is 83.5 cm³/mol. The lowest BCUT2D eigenvalue weighted by atomic mass is 9.94. The summed E-state index contributed by atoms with van der Waals surface area (Å²) in [6.07, 6.45) is 2.57. The van der Waals surface area contributed by atoms with E-state index in [1.165, 1.54) is 39.0 Å². The highest BCUT2D eigenvalue weighted by molar-refractivity contribution is 4.69. The first-order chi connectivity index (χ1) is 9.20. The Morgan fingerprint density at radius 2 is 1.00 bits per heavy atom. The van der Waals surface area contributed by atoms with Crippen molar-refractivity contribution in [1.82, 2.24) is 0 Å². The van der Waals surface area contributed by atoms with Crippen molar-refractivity contribution in [2.24, 2.45) is 0 Å². The van der Waals surface area contributed by atoms with Gasteiger partial charge in [0.1, 0.15) is 26.2 Å². The molecule has 1 rings (SSSR count). The summed E-state index contributed by atoms with van der Waals surface area (Å²) in [6, 6.07) is 1.45. The maximum absolute atomic E-state index is 2.55. The van der Waals surface area contributed by atoms with Gasteiger partial charge in [0.05, 0.1) is 36.0 Å². The van der Waals surface area contributed by atoms with Crippen LogP contribution in [0.3, 0.4) is 0 Å². The smallest absolute Gasteiger partial charge is 0.126 e. The molecule has 4 heteroatoms. The van der Waals surface area contributed by atoms with Gasteiger partial charge in [-0.3, -0.25) is 0 Å². The van der Waals surface area contributed by atoms with E-state index in [4.69, 9.17) is 0 Å². The maximum atomic E-state index is 2.55. The minimum atomic E-state index is 0.375. The molecule has 1 aliphatic rings. The molecule has 1 fully saturated rings. The summed E-state index contributed by atoms with van der Waals surface area (Å²) in [7, 11) is 0. The summed E-state index contributed by atoms with van der Waals surface area (Å²) in [4.78, 5) is 0. The van der Waals surface area contributed by atoms with Gasteiger partial charge in [-0.05, 0) is 41.5 Å². The predicted octanol–water partition coefficient (Wildman–Crippen LogP) is -2.63. The monoisotopic (exact) mass is 288 g/mol. The van der Waals surface area contributed by atoms with Crippen LogP contribution >= 0.6 is 0 Å². The number of hydrogen-bond acceptors (Lipinski definition) is 0. The Morgan fingerprint density at radius 3 is 1.35 bits per heavy atom. The number of nitrogens with two attached hydrogens (primary N) is 4. The van der Waals surface area contributed by atoms with Gasteiger partial charge in [0, 0.05) is 0 Å². The molecule has 0 saturated carbocycles. The molecule has 0 aromatic carbocycles. The highest BCUT2D eigenvalue weighted by Gasteiger charge is 2.29. The molecule has 20 heavy (non-hydrogen) atoms. The third-order valence-electron chi connectivity index (χ3n) is 4.56. The Bertz CT molecular complexity index is 248. The fraction of sp³-hybridized carbons (Fsp3) is 1.00. The lowest BCUT2D eigenvalue weighted by Crippen LogP contribution is -3.06. The van der Waals surface area contributed by atoms with Crippen molar-refractivity contribution in [3.05, 3.63) is 0 Å². The SMILES string of the molecule is C[C@@H]1CC(C)(C)[NH2+]CC[NH2+][C@@H](C)CC(C)(C)[NH2+]CC[NH2+]1. The topological polar surface area (TPSA) is 66.4 Å². The van der Waals surface area contributed by atoms with Gasteiger partial charge >= 0.3 is 0 Å². The summed E-state index contributed by atoms with van der Waals surface area (Å²) in [5.41, 5.74) is 0.750. The van der Waals surface area contributed by atoms with Gasteiger partial charge in [-0.2, -0.15) is 0 Å². The van der Waals surface area contributed by atoms with Gasteiger partial charge < -0.3 is 21.3 Å². The van der Waals surface area contributed by atoms with Crippen molar-refractivity contribution in [3.63, 3.8) is 0 Å². The van der Waals surface area contributed by atoms with Crippen molar-refractivity contribution in [2.75, 3.05) is 26.2 Å². The van der Waals surface area contributed by atoms with Crippen molar-refractivity contribution in [3.8, 4) is 0 Å². The summed E-state index contributed by atoms with van der Waals surface area (Å²) < 4.78 is 0. The molecule has 1 heterocycles. The minimum absolute atomic E-state index is 0.375. The van der Waals surface area contributed by atoms with Crippen molar-refractivity contribution < 1.29 is 21.3 Å². The van der Waals surface area contributed by atoms with Crippen molar-refractivity contribution >= 4 is 0 Å². The van der Waals surface area contributed by atoms with Crippen LogP contribution in [0.2, 0.25) is 0 Å². The van der Waals surface area contributed by atoms with Crippen LogP contribution < -0.4 is 21.3 Å². The van der Waals surface area contributed by atoms with Gasteiger partial charge in [0.25, 0.3) is 0 Å². The molecule has 0 radical (unpaired) electrons. The average molecular weight is 289 g/mol. The second-order valence-corrected chi connectivity index (χ2v) is 8.37. The van der Waals surface area contributed by atoms with E-state index in [1.54, 1.807) is 0 Å². The number of rotatable bonds is 0. The molecule has 2 atom stereocenters. The number of hydrogen-bond donors (Lipinski definition) is 4. The molecule has 0 aromatic heterocycles. The molecule has 1 aliphatic heterocycles. The van der Waals surface area contributed by atoms with Crippen LogP contribution in [0, 0.1) is 0 Å². The van der Waals surface area contributed by atoms with E-state index < -0.39 is 0 Å². The molecule has 0 aliphatic carbocycles. The lowest BCUT2D eigenvalue weighted by Gasteiger charge is -2.28. The quantitative estimate of drug-likeness (QED) is 0.377. The fourth-order valence-electron chi connectivity index (χ4n) is 3.70. The minimum Gasteiger partial charge on any atom is -0.339 e. The van der Waals surface area contributed by atoms with E-state index in [1.807, 2.05) is 0 Å². The van der Waals surface area contributed by atoms with Gasteiger partial charge in [0.2, 0.25) is 0 Å². The molecule has 0 spiro atoms. The van der Waals surface area contributed by atoms with Crippen LogP contribution in [0.4, 0.5) is 0 Å². The van der Waals surface area contributed by atoms with E-state index in [9.17, 15) is 0 Å². The van der Waals surface area contributed by atoms with Crippen LogP contribution in [0.25, 0.3) is 0 Å². The van der Waals surface area contributed by atoms with Crippen LogP contribution in [0.15, 0.2) is 0 Å². The summed E-state index contributed by atoms with van der Waals surface area (Å²) in [5.74, 6) is 0. The Labute approximate surface area is 125 Å². The zero-order valence-electron chi connectivity index (χ0n) is 14.7. The van der Waals surface area contributed by atoms with Gasteiger partial charge in [0.15, 0.2) is 0 Å². The van der Waals surface area contributed by atoms with E-state index in [2.05, 4.69) is 62.8 Å². The van der Waals surface area contributed by atoms with Gasteiger partial charge in [-0.25, -0.2) is 0 Å². The molecular formula is C16H40N4+4. The lowest BCUT2D eigenvalue weighted by molar-refractivity contribution is -0.799. The third-order valence-corrected chi connectivity index (χ3v) is 4.56.